The van der Waals surface area contributed by atoms with Crippen LogP contribution in [-0.2, 0) is 4.79 Å². The van der Waals surface area contributed by atoms with Gasteiger partial charge >= 0.3 is 0 Å². The molecule has 1 aliphatic heterocycles. The van der Waals surface area contributed by atoms with E-state index in [1.165, 1.54) is 6.33 Å². The normalized spacial score (nSPS) is 20.1. The molecule has 2 aromatic rings. The van der Waals surface area contributed by atoms with Gasteiger partial charge in [-0.25, -0.2) is 4.98 Å². The number of halogens is 1. The maximum absolute atomic E-state index is 15.0. The predicted octanol–water partition coefficient (Wildman–Crippen LogP) is 4.68. The highest BCUT2D eigenvalue weighted by Gasteiger charge is 2.29. The summed E-state index contributed by atoms with van der Waals surface area (Å²) in [7, 11) is 0. The molecule has 7 heteroatoms. The van der Waals surface area contributed by atoms with E-state index in [4.69, 9.17) is 9.47 Å². The summed E-state index contributed by atoms with van der Waals surface area (Å²) in [6, 6.07) is 7.89. The first kappa shape index (κ1) is 21.5. The van der Waals surface area contributed by atoms with Gasteiger partial charge in [0, 0.05) is 19.4 Å². The SMILES string of the molecule is CC(=O)C[C@@H](C)c1ccc(O[C@@H]2CCN(c3ncnc(OC4CCCC4)c3F)C2)cc1. The lowest BCUT2D eigenvalue weighted by molar-refractivity contribution is -0.117. The van der Waals surface area contributed by atoms with Crippen LogP contribution in [0.1, 0.15) is 63.9 Å². The number of Topliss-reactive ketones (excluding diaryl/α,β-unsaturated/α-hetero) is 1. The van der Waals surface area contributed by atoms with Crippen molar-refractivity contribution in [3.8, 4) is 11.6 Å². The number of hydrogen-bond acceptors (Lipinski definition) is 6. The van der Waals surface area contributed by atoms with Crippen LogP contribution in [0.2, 0.25) is 0 Å². The van der Waals surface area contributed by atoms with Crippen LogP contribution < -0.4 is 14.4 Å². The standard InChI is InChI=1S/C24H30FN3O3/c1-16(13-17(2)29)18-7-9-20(10-8-18)30-21-11-12-28(14-21)23-22(25)24(27-15-26-23)31-19-5-3-4-6-19/h7-10,15-16,19,21H,3-6,11-14H2,1-2H3/t16-,21-/m1/s1. The van der Waals surface area contributed by atoms with Crippen LogP contribution in [0.25, 0.3) is 0 Å². The monoisotopic (exact) mass is 427 g/mol. The van der Waals surface area contributed by atoms with Crippen LogP contribution in [0.4, 0.5) is 10.2 Å². The molecule has 1 aliphatic carbocycles. The van der Waals surface area contributed by atoms with Crippen molar-refractivity contribution in [1.29, 1.82) is 0 Å². The van der Waals surface area contributed by atoms with Crippen molar-refractivity contribution in [3.05, 3.63) is 42.0 Å². The molecule has 166 valence electrons. The van der Waals surface area contributed by atoms with E-state index in [1.807, 2.05) is 36.1 Å². The maximum atomic E-state index is 15.0. The van der Waals surface area contributed by atoms with Crippen molar-refractivity contribution in [2.45, 2.75) is 70.5 Å². The zero-order valence-electron chi connectivity index (χ0n) is 18.2. The van der Waals surface area contributed by atoms with Crippen molar-refractivity contribution in [2.24, 2.45) is 0 Å². The van der Waals surface area contributed by atoms with E-state index in [0.29, 0.717) is 19.5 Å². The number of rotatable bonds is 8. The second kappa shape index (κ2) is 9.62. The number of carbonyl (C=O) groups is 1. The largest absolute Gasteiger partial charge is 0.489 e. The van der Waals surface area contributed by atoms with Crippen LogP contribution in [0.3, 0.4) is 0 Å². The van der Waals surface area contributed by atoms with Crippen LogP contribution in [-0.4, -0.2) is 41.0 Å². The molecule has 0 N–H and O–H groups in total. The van der Waals surface area contributed by atoms with E-state index in [1.54, 1.807) is 6.92 Å². The molecule has 0 radical (unpaired) electrons. The molecule has 0 unspecified atom stereocenters. The lowest BCUT2D eigenvalue weighted by atomic mass is 9.96. The third kappa shape index (κ3) is 5.32. The van der Waals surface area contributed by atoms with Gasteiger partial charge in [-0.1, -0.05) is 19.1 Å². The van der Waals surface area contributed by atoms with E-state index in [0.717, 1.165) is 43.4 Å². The van der Waals surface area contributed by atoms with Crippen molar-refractivity contribution in [3.63, 3.8) is 0 Å². The molecular formula is C24H30FN3O3. The van der Waals surface area contributed by atoms with E-state index in [2.05, 4.69) is 9.97 Å². The lowest BCUT2D eigenvalue weighted by Crippen LogP contribution is -2.26. The maximum Gasteiger partial charge on any atom is 0.256 e. The van der Waals surface area contributed by atoms with E-state index in [9.17, 15) is 9.18 Å². The highest BCUT2D eigenvalue weighted by atomic mass is 19.1. The summed E-state index contributed by atoms with van der Waals surface area (Å²) in [6.07, 6.45) is 6.83. The zero-order valence-corrected chi connectivity index (χ0v) is 18.2. The molecule has 0 spiro atoms. The fourth-order valence-corrected chi connectivity index (χ4v) is 4.44. The smallest absolute Gasteiger partial charge is 0.256 e. The minimum atomic E-state index is -0.487. The minimum absolute atomic E-state index is 0.0472. The molecule has 2 fully saturated rings. The molecule has 2 aliphatic rings. The summed E-state index contributed by atoms with van der Waals surface area (Å²) in [4.78, 5) is 21.4. The van der Waals surface area contributed by atoms with Gasteiger partial charge < -0.3 is 19.2 Å². The fourth-order valence-electron chi connectivity index (χ4n) is 4.44. The highest BCUT2D eigenvalue weighted by molar-refractivity contribution is 5.76. The number of ketones is 1. The van der Waals surface area contributed by atoms with Gasteiger partial charge in [-0.3, -0.25) is 0 Å². The van der Waals surface area contributed by atoms with Crippen LogP contribution in [0.5, 0.6) is 11.6 Å². The summed E-state index contributed by atoms with van der Waals surface area (Å²) in [5.74, 6) is 1.000. The Hall–Kier alpha value is -2.70. The number of benzene rings is 1. The first-order chi connectivity index (χ1) is 15.0. The molecule has 31 heavy (non-hydrogen) atoms. The van der Waals surface area contributed by atoms with Crippen molar-refractivity contribution in [2.75, 3.05) is 18.0 Å². The summed E-state index contributed by atoms with van der Waals surface area (Å²) >= 11 is 0. The molecule has 4 rings (SSSR count). The number of nitrogens with zero attached hydrogens (tertiary/aromatic N) is 3. The van der Waals surface area contributed by atoms with E-state index >= 15 is 0 Å². The number of anilines is 1. The third-order valence-electron chi connectivity index (χ3n) is 6.11. The van der Waals surface area contributed by atoms with Gasteiger partial charge in [0.2, 0.25) is 5.82 Å². The summed E-state index contributed by atoms with van der Waals surface area (Å²) in [5.41, 5.74) is 1.12. The number of aromatic nitrogens is 2. The average Bonchev–Trinajstić information content (AvgIpc) is 3.42. The van der Waals surface area contributed by atoms with Crippen molar-refractivity contribution < 1.29 is 18.7 Å². The Balaban J connectivity index is 1.36. The molecule has 1 aromatic heterocycles. The second-order valence-electron chi connectivity index (χ2n) is 8.69. The van der Waals surface area contributed by atoms with E-state index < -0.39 is 5.82 Å². The Bertz CT molecular complexity index is 899. The minimum Gasteiger partial charge on any atom is -0.489 e. The van der Waals surface area contributed by atoms with Crippen LogP contribution in [0.15, 0.2) is 30.6 Å². The van der Waals surface area contributed by atoms with Crippen LogP contribution in [0, 0.1) is 5.82 Å². The molecule has 2 heterocycles. The Kier molecular flexibility index (Phi) is 6.68. The summed E-state index contributed by atoms with van der Waals surface area (Å²) < 4.78 is 26.9. The van der Waals surface area contributed by atoms with Crippen LogP contribution >= 0.6 is 0 Å². The summed E-state index contributed by atoms with van der Waals surface area (Å²) in [5, 5.41) is 0. The number of hydrogen-bond donors (Lipinski definition) is 0. The number of ether oxygens (including phenoxy) is 2. The molecular weight excluding hydrogens is 397 g/mol. The van der Waals surface area contributed by atoms with Crippen molar-refractivity contribution >= 4 is 11.6 Å². The van der Waals surface area contributed by atoms with Gasteiger partial charge in [0.25, 0.3) is 5.88 Å². The van der Waals surface area contributed by atoms with Gasteiger partial charge in [0.05, 0.1) is 6.54 Å². The fraction of sp³-hybridized carbons (Fsp3) is 0.542. The Morgan fingerprint density at radius 1 is 1.13 bits per heavy atom. The second-order valence-corrected chi connectivity index (χ2v) is 8.69. The van der Waals surface area contributed by atoms with Gasteiger partial charge in [0.1, 0.15) is 30.1 Å². The van der Waals surface area contributed by atoms with Gasteiger partial charge in [0.15, 0.2) is 5.82 Å². The zero-order chi connectivity index (χ0) is 21.8. The van der Waals surface area contributed by atoms with Gasteiger partial charge in [-0.05, 0) is 56.2 Å². The molecule has 0 bridgehead atoms. The molecule has 1 saturated carbocycles. The Morgan fingerprint density at radius 3 is 2.58 bits per heavy atom. The molecule has 1 aromatic carbocycles. The lowest BCUT2D eigenvalue weighted by Gasteiger charge is -2.20. The Labute approximate surface area is 182 Å². The highest BCUT2D eigenvalue weighted by Crippen LogP contribution is 2.30. The quantitative estimate of drug-likeness (QED) is 0.610. The third-order valence-corrected chi connectivity index (χ3v) is 6.11. The molecule has 0 amide bonds. The number of carbonyl (C=O) groups excluding carboxylic acids is 1. The van der Waals surface area contributed by atoms with Crippen molar-refractivity contribution in [1.82, 2.24) is 9.97 Å². The first-order valence-corrected chi connectivity index (χ1v) is 11.2. The molecule has 2 atom stereocenters. The molecule has 1 saturated heterocycles. The predicted molar refractivity (Wildman–Crippen MR) is 116 cm³/mol. The first-order valence-electron chi connectivity index (χ1n) is 11.2. The molecule has 6 nitrogen and oxygen atoms in total. The summed E-state index contributed by atoms with van der Waals surface area (Å²) in [6.45, 7) is 4.88. The Morgan fingerprint density at radius 2 is 1.87 bits per heavy atom. The van der Waals surface area contributed by atoms with E-state index in [-0.39, 0.29) is 35.6 Å². The van der Waals surface area contributed by atoms with Gasteiger partial charge in [-0.15, -0.1) is 0 Å². The topological polar surface area (TPSA) is 64.5 Å². The van der Waals surface area contributed by atoms with Gasteiger partial charge in [-0.2, -0.15) is 9.37 Å². The average molecular weight is 428 g/mol.